The summed E-state index contributed by atoms with van der Waals surface area (Å²) in [4.78, 5) is 14.5. The molecule has 19 heavy (non-hydrogen) atoms. The Morgan fingerprint density at radius 1 is 1.42 bits per heavy atom. The van der Waals surface area contributed by atoms with Gasteiger partial charge < -0.3 is 10.6 Å². The van der Waals surface area contributed by atoms with E-state index in [-0.39, 0.29) is 5.69 Å². The summed E-state index contributed by atoms with van der Waals surface area (Å²) in [7, 11) is 0. The van der Waals surface area contributed by atoms with E-state index in [4.69, 9.17) is 0 Å². The van der Waals surface area contributed by atoms with E-state index in [1.54, 1.807) is 13.0 Å². The summed E-state index contributed by atoms with van der Waals surface area (Å²) in [6.45, 7) is 1.75. The van der Waals surface area contributed by atoms with Crippen LogP contribution in [0.1, 0.15) is 31.2 Å². The molecule has 2 fully saturated rings. The standard InChI is InChI=1S/C13H18N4O2/c1-8-4-13(14-7-12(8)17(18)19)16-11-5-9-2-3-10(6-11)15-9/h4,7,9-11,15H,2-3,5-6H2,1H3,(H,14,16). The van der Waals surface area contributed by atoms with Crippen molar-refractivity contribution < 1.29 is 4.92 Å². The van der Waals surface area contributed by atoms with Gasteiger partial charge in [-0.25, -0.2) is 4.98 Å². The maximum atomic E-state index is 10.8. The van der Waals surface area contributed by atoms with Gasteiger partial charge in [-0.3, -0.25) is 10.1 Å². The lowest BCUT2D eigenvalue weighted by molar-refractivity contribution is -0.385. The van der Waals surface area contributed by atoms with Crippen molar-refractivity contribution in [2.75, 3.05) is 5.32 Å². The first-order chi connectivity index (χ1) is 9.11. The van der Waals surface area contributed by atoms with Crippen LogP contribution in [0.4, 0.5) is 11.5 Å². The second kappa shape index (κ2) is 4.77. The number of fused-ring (bicyclic) bond motifs is 2. The zero-order valence-corrected chi connectivity index (χ0v) is 10.9. The molecule has 0 aliphatic carbocycles. The van der Waals surface area contributed by atoms with Gasteiger partial charge in [-0.2, -0.15) is 0 Å². The van der Waals surface area contributed by atoms with E-state index in [1.807, 2.05) is 0 Å². The van der Waals surface area contributed by atoms with Crippen molar-refractivity contribution in [2.45, 2.75) is 50.7 Å². The molecular formula is C13H18N4O2. The summed E-state index contributed by atoms with van der Waals surface area (Å²) < 4.78 is 0. The van der Waals surface area contributed by atoms with Crippen LogP contribution in [0.15, 0.2) is 12.3 Å². The molecule has 0 spiro atoms. The molecule has 2 bridgehead atoms. The molecule has 2 saturated heterocycles. The Bertz CT molecular complexity index is 493. The number of rotatable bonds is 3. The molecule has 1 aromatic heterocycles. The van der Waals surface area contributed by atoms with Gasteiger partial charge in [-0.05, 0) is 38.7 Å². The Morgan fingerprint density at radius 2 is 2.11 bits per heavy atom. The molecule has 6 nitrogen and oxygen atoms in total. The zero-order valence-electron chi connectivity index (χ0n) is 10.9. The van der Waals surface area contributed by atoms with E-state index in [0.29, 0.717) is 23.7 Å². The van der Waals surface area contributed by atoms with E-state index in [0.717, 1.165) is 18.7 Å². The molecule has 0 amide bonds. The lowest BCUT2D eigenvalue weighted by atomic mass is 10.00. The fraction of sp³-hybridized carbons (Fsp3) is 0.615. The molecule has 0 radical (unpaired) electrons. The van der Waals surface area contributed by atoms with Crippen molar-refractivity contribution >= 4 is 11.5 Å². The summed E-state index contributed by atoms with van der Waals surface area (Å²) in [5.74, 6) is 0.745. The van der Waals surface area contributed by atoms with Gasteiger partial charge >= 0.3 is 0 Å². The maximum absolute atomic E-state index is 10.8. The van der Waals surface area contributed by atoms with Gasteiger partial charge in [0.25, 0.3) is 5.69 Å². The van der Waals surface area contributed by atoms with E-state index < -0.39 is 4.92 Å². The van der Waals surface area contributed by atoms with Crippen LogP contribution in [-0.4, -0.2) is 28.0 Å². The minimum absolute atomic E-state index is 0.0796. The molecule has 0 saturated carbocycles. The quantitative estimate of drug-likeness (QED) is 0.643. The highest BCUT2D eigenvalue weighted by Gasteiger charge is 2.33. The monoisotopic (exact) mass is 262 g/mol. The van der Waals surface area contributed by atoms with Crippen LogP contribution in [0.5, 0.6) is 0 Å². The number of aromatic nitrogens is 1. The van der Waals surface area contributed by atoms with Gasteiger partial charge in [-0.15, -0.1) is 0 Å². The van der Waals surface area contributed by atoms with Crippen LogP contribution in [0.3, 0.4) is 0 Å². The minimum Gasteiger partial charge on any atom is -0.367 e. The van der Waals surface area contributed by atoms with Crippen molar-refractivity contribution in [1.82, 2.24) is 10.3 Å². The number of hydrogen-bond donors (Lipinski definition) is 2. The third-order valence-corrected chi connectivity index (χ3v) is 4.10. The van der Waals surface area contributed by atoms with Gasteiger partial charge in [0, 0.05) is 23.7 Å². The van der Waals surface area contributed by atoms with Gasteiger partial charge in [-0.1, -0.05) is 0 Å². The molecule has 2 unspecified atom stereocenters. The predicted molar refractivity (Wildman–Crippen MR) is 72.2 cm³/mol. The van der Waals surface area contributed by atoms with E-state index in [9.17, 15) is 10.1 Å². The van der Waals surface area contributed by atoms with Crippen LogP contribution in [0, 0.1) is 17.0 Å². The highest BCUT2D eigenvalue weighted by atomic mass is 16.6. The number of nitro groups is 1. The number of pyridine rings is 1. The van der Waals surface area contributed by atoms with Crippen LogP contribution >= 0.6 is 0 Å². The molecule has 102 valence electrons. The zero-order chi connectivity index (χ0) is 13.4. The van der Waals surface area contributed by atoms with Gasteiger partial charge in [0.05, 0.1) is 4.92 Å². The van der Waals surface area contributed by atoms with Gasteiger partial charge in [0.2, 0.25) is 0 Å². The molecule has 6 heteroatoms. The topological polar surface area (TPSA) is 80.1 Å². The molecule has 2 aliphatic heterocycles. The van der Waals surface area contributed by atoms with Crippen LogP contribution in [0.25, 0.3) is 0 Å². The van der Waals surface area contributed by atoms with E-state index in [2.05, 4.69) is 15.6 Å². The van der Waals surface area contributed by atoms with Crippen molar-refractivity contribution in [3.63, 3.8) is 0 Å². The first kappa shape index (κ1) is 12.3. The number of anilines is 1. The summed E-state index contributed by atoms with van der Waals surface area (Å²) in [5, 5.41) is 17.8. The van der Waals surface area contributed by atoms with E-state index >= 15 is 0 Å². The maximum Gasteiger partial charge on any atom is 0.290 e. The fourth-order valence-corrected chi connectivity index (χ4v) is 3.20. The highest BCUT2D eigenvalue weighted by molar-refractivity contribution is 5.47. The molecule has 1 aromatic rings. The largest absolute Gasteiger partial charge is 0.367 e. The normalized spacial score (nSPS) is 29.2. The summed E-state index contributed by atoms with van der Waals surface area (Å²) >= 11 is 0. The fourth-order valence-electron chi connectivity index (χ4n) is 3.20. The van der Waals surface area contributed by atoms with Crippen molar-refractivity contribution in [3.8, 4) is 0 Å². The highest BCUT2D eigenvalue weighted by Crippen LogP contribution is 2.29. The molecular weight excluding hydrogens is 244 g/mol. The Morgan fingerprint density at radius 3 is 2.68 bits per heavy atom. The lowest BCUT2D eigenvalue weighted by Gasteiger charge is -2.30. The number of hydrogen-bond acceptors (Lipinski definition) is 5. The SMILES string of the molecule is Cc1cc(NC2CC3CCC(C2)N3)ncc1[N+](=O)[O-]. The Balaban J connectivity index is 1.70. The van der Waals surface area contributed by atoms with E-state index in [1.165, 1.54) is 19.0 Å². The van der Waals surface area contributed by atoms with Crippen molar-refractivity contribution in [2.24, 2.45) is 0 Å². The Hall–Kier alpha value is -1.69. The third kappa shape index (κ3) is 2.53. The van der Waals surface area contributed by atoms with Crippen LogP contribution in [0.2, 0.25) is 0 Å². The molecule has 3 heterocycles. The first-order valence-electron chi connectivity index (χ1n) is 6.75. The molecule has 2 N–H and O–H groups in total. The average molecular weight is 262 g/mol. The predicted octanol–water partition coefficient (Wildman–Crippen LogP) is 1.99. The molecule has 2 atom stereocenters. The van der Waals surface area contributed by atoms with Crippen molar-refractivity contribution in [1.29, 1.82) is 0 Å². The van der Waals surface area contributed by atoms with Gasteiger partial charge in [0.1, 0.15) is 12.0 Å². The van der Waals surface area contributed by atoms with Crippen LogP contribution < -0.4 is 10.6 Å². The van der Waals surface area contributed by atoms with Crippen molar-refractivity contribution in [3.05, 3.63) is 27.9 Å². The summed E-state index contributed by atoms with van der Waals surface area (Å²) in [6, 6.07) is 3.43. The van der Waals surface area contributed by atoms with Gasteiger partial charge in [0.15, 0.2) is 0 Å². The lowest BCUT2D eigenvalue weighted by Crippen LogP contribution is -2.43. The second-order valence-corrected chi connectivity index (χ2v) is 5.56. The Kier molecular flexibility index (Phi) is 3.10. The minimum atomic E-state index is -0.392. The Labute approximate surface area is 111 Å². The summed E-state index contributed by atoms with van der Waals surface area (Å²) in [6.07, 6.45) is 6.07. The number of piperidine rings is 1. The average Bonchev–Trinajstić information content (AvgIpc) is 2.68. The van der Waals surface area contributed by atoms with Crippen LogP contribution in [-0.2, 0) is 0 Å². The molecule has 2 aliphatic rings. The molecule has 3 rings (SSSR count). The number of aryl methyl sites for hydroxylation is 1. The summed E-state index contributed by atoms with van der Waals surface area (Å²) in [5.41, 5.74) is 0.732. The second-order valence-electron chi connectivity index (χ2n) is 5.56. The molecule has 0 aromatic carbocycles. The third-order valence-electron chi connectivity index (χ3n) is 4.10. The number of nitrogens with zero attached hydrogens (tertiary/aromatic N) is 2. The first-order valence-corrected chi connectivity index (χ1v) is 6.75. The number of nitrogens with one attached hydrogen (secondary N) is 2. The smallest absolute Gasteiger partial charge is 0.290 e.